The molecule has 29 N–H and O–H groups in total. The number of phenols is 1. The molecule has 0 spiro atoms. The number of aliphatic imine (C=N–C) groups is 2. The monoisotopic (exact) mass is 1610 g/mol. The van der Waals surface area contributed by atoms with E-state index in [-0.39, 0.29) is 113 Å². The highest BCUT2D eigenvalue weighted by atomic mass is 32.2. The van der Waals surface area contributed by atoms with E-state index >= 15 is 0 Å². The quantitative estimate of drug-likeness (QED) is 0.0127. The zero-order chi connectivity index (χ0) is 83.1. The zero-order valence-electron chi connectivity index (χ0n) is 64.2. The number of aromatic hydroxyl groups is 1. The number of amides is 12. The lowest BCUT2D eigenvalue weighted by Gasteiger charge is -2.29. The molecule has 1 saturated heterocycles. The Morgan fingerprint density at radius 2 is 1.12 bits per heavy atom. The van der Waals surface area contributed by atoms with E-state index in [1.807, 2.05) is 6.92 Å². The minimum atomic E-state index is -5.34. The van der Waals surface area contributed by atoms with Crippen LogP contribution in [-0.4, -0.2) is 247 Å². The van der Waals surface area contributed by atoms with Crippen LogP contribution in [0.15, 0.2) is 46.8 Å². The Labute approximate surface area is 648 Å². The number of likely N-dealkylation sites (tertiary alicyclic amines) is 1. The van der Waals surface area contributed by atoms with Gasteiger partial charge in [-0.15, -0.1) is 0 Å². The van der Waals surface area contributed by atoms with E-state index in [9.17, 15) is 81.2 Å². The molecule has 1 aromatic heterocycles. The van der Waals surface area contributed by atoms with Gasteiger partial charge in [-0.1, -0.05) is 46.2 Å². The molecule has 1 aliphatic heterocycles. The fourth-order valence-corrected chi connectivity index (χ4v) is 12.4. The summed E-state index contributed by atoms with van der Waals surface area (Å²) in [6.07, 6.45) is 7.19. The summed E-state index contributed by atoms with van der Waals surface area (Å²) in [5.41, 5.74) is 40.3. The number of nitrogens with one attached hydrogen (secondary N) is 12. The van der Waals surface area contributed by atoms with E-state index < -0.39 is 175 Å². The third kappa shape index (κ3) is 36.5. The average Bonchev–Trinajstić information content (AvgIpc) is 1.84. The number of unbranched alkanes of at least 4 members (excludes halogenated alkanes) is 2. The largest absolute Gasteiger partial charge is 0.508 e. The van der Waals surface area contributed by atoms with Crippen LogP contribution < -0.4 is 98.6 Å². The number of hydrogen-bond donors (Lipinski definition) is 22. The second-order valence-corrected chi connectivity index (χ2v) is 30.4. The van der Waals surface area contributed by atoms with Crippen molar-refractivity contribution in [1.82, 2.24) is 73.4 Å². The van der Waals surface area contributed by atoms with Gasteiger partial charge < -0.3 is 123 Å². The topological polar surface area (TPSA) is 680 Å². The lowest BCUT2D eigenvalue weighted by Crippen LogP contribution is -2.61. The van der Waals surface area contributed by atoms with Gasteiger partial charge in [0.15, 0.2) is 11.9 Å². The molecule has 41 nitrogen and oxygen atoms in total. The lowest BCUT2D eigenvalue weighted by molar-refractivity contribution is -0.137. The highest BCUT2D eigenvalue weighted by Crippen LogP contribution is 2.35. The van der Waals surface area contributed by atoms with Crippen molar-refractivity contribution in [1.29, 1.82) is 0 Å². The smallest absolute Gasteiger partial charge is 0.469 e. The highest BCUT2D eigenvalue weighted by molar-refractivity contribution is 7.84. The van der Waals surface area contributed by atoms with Crippen molar-refractivity contribution in [3.05, 3.63) is 48.0 Å². The number of hydrogen-bond acceptors (Lipinski definition) is 22. The van der Waals surface area contributed by atoms with Gasteiger partial charge in [0, 0.05) is 73.2 Å². The van der Waals surface area contributed by atoms with Crippen molar-refractivity contribution in [2.24, 2.45) is 62.0 Å². The van der Waals surface area contributed by atoms with Crippen molar-refractivity contribution < 1.29 is 85.7 Å². The molecule has 1 aliphatic rings. The van der Waals surface area contributed by atoms with E-state index in [4.69, 9.17) is 40.1 Å². The van der Waals surface area contributed by atoms with Gasteiger partial charge in [0.1, 0.15) is 66.2 Å². The van der Waals surface area contributed by atoms with Gasteiger partial charge in [0.05, 0.1) is 25.5 Å². The minimum absolute atomic E-state index is 0.0155. The van der Waals surface area contributed by atoms with Gasteiger partial charge in [0.25, 0.3) is 0 Å². The zero-order valence-corrected chi connectivity index (χ0v) is 65.9. The Kier molecular flexibility index (Phi) is 42.9. The third-order valence-corrected chi connectivity index (χ3v) is 19.4. The van der Waals surface area contributed by atoms with Crippen molar-refractivity contribution in [2.45, 2.75) is 217 Å². The number of phosphoric ester groups is 1. The molecule has 0 bridgehead atoms. The molecule has 0 radical (unpaired) electrons. The summed E-state index contributed by atoms with van der Waals surface area (Å²) in [6.45, 7) is 8.89. The lowest BCUT2D eigenvalue weighted by atomic mass is 9.96. The number of nitrogens with zero attached hydrogens (tertiary/aromatic N) is 4. The molecule has 43 heteroatoms. The van der Waals surface area contributed by atoms with Crippen molar-refractivity contribution in [3.8, 4) is 5.75 Å². The summed E-state index contributed by atoms with van der Waals surface area (Å²) in [6, 6.07) is -10.4. The van der Waals surface area contributed by atoms with Gasteiger partial charge in [0.2, 0.25) is 70.9 Å². The van der Waals surface area contributed by atoms with E-state index in [2.05, 4.69) is 83.0 Å². The predicted octanol–water partition coefficient (Wildman–Crippen LogP) is -5.83. The van der Waals surface area contributed by atoms with Crippen LogP contribution in [0.5, 0.6) is 5.75 Å². The number of aromatic amines is 1. The first-order valence-corrected chi connectivity index (χ1v) is 40.3. The molecule has 3 rings (SSSR count). The van der Waals surface area contributed by atoms with Crippen molar-refractivity contribution >= 4 is 101 Å². The number of H-pyrrole nitrogens is 1. The number of rotatable bonds is 52. The third-order valence-electron chi connectivity index (χ3n) is 18.1. The van der Waals surface area contributed by atoms with Gasteiger partial charge in [-0.3, -0.25) is 76.3 Å². The molecule has 2 unspecified atom stereocenters. The molecule has 0 aliphatic carbocycles. The van der Waals surface area contributed by atoms with Crippen LogP contribution in [0, 0.1) is 11.8 Å². The Bertz CT molecular complexity index is 3490. The maximum Gasteiger partial charge on any atom is 0.469 e. The number of phenolic OH excluding ortho intramolecular Hbond substituents is 1. The van der Waals surface area contributed by atoms with Crippen LogP contribution in [-0.2, 0) is 90.3 Å². The van der Waals surface area contributed by atoms with Crippen LogP contribution in [0.1, 0.15) is 143 Å². The van der Waals surface area contributed by atoms with E-state index in [0.29, 0.717) is 56.5 Å². The Morgan fingerprint density at radius 3 is 1.64 bits per heavy atom. The van der Waals surface area contributed by atoms with Crippen LogP contribution in [0.4, 0.5) is 0 Å². The van der Waals surface area contributed by atoms with Crippen LogP contribution in [0.25, 0.3) is 0 Å². The van der Waals surface area contributed by atoms with Gasteiger partial charge >= 0.3 is 7.82 Å². The maximum atomic E-state index is 14.7. The van der Waals surface area contributed by atoms with Gasteiger partial charge in [-0.25, -0.2) is 9.55 Å². The predicted molar refractivity (Wildman–Crippen MR) is 412 cm³/mol. The van der Waals surface area contributed by atoms with Crippen LogP contribution in [0.2, 0.25) is 0 Å². The first-order chi connectivity index (χ1) is 52.4. The molecule has 2 heterocycles. The number of carbonyl (C=O) groups excluding carboxylic acids is 12. The summed E-state index contributed by atoms with van der Waals surface area (Å²) >= 11 is 0. The summed E-state index contributed by atoms with van der Waals surface area (Å²) in [4.78, 5) is 205. The second-order valence-electron chi connectivity index (χ2n) is 27.6. The Balaban J connectivity index is 1.93. The average molecular weight is 1610 g/mol. The summed E-state index contributed by atoms with van der Waals surface area (Å²) in [7, 11) is -6.88. The van der Waals surface area contributed by atoms with E-state index in [0.717, 1.165) is 12.8 Å². The summed E-state index contributed by atoms with van der Waals surface area (Å²) in [5.74, 6) is -12.6. The molecule has 111 heavy (non-hydrogen) atoms. The standard InChI is InChI=1S/C68H118N23O18PS/c1-8-39(4)55(90-57(95)45(71)17-13-28-77-67(72)73)65(103)87-51(33-43-34-76-37-80-43)63(101)85-48(25-31-111(7)108)61(99)89-54(38(2)3)64(102)86-50(32-42-21-23-44(92)24-22-42)62(100)81-41(6)56(94)83-46(18-9-11-26-69)59(97)84-47(20-14-29-78-68(74)75)60(98)88-52(36-109-110(105,106)107)58(96)79-35-53(93)82-49(19-10-12-27-70)66(104)91-30-15-16-40(91)5/h21-24,34,37-41,45-52,54-55,92H,8-20,25-33,35-36,69-71H2,1-7H3,(H,76,80)(H,79,96)(H,81,100)(H,82,93)(H,83,94)(H,84,97)(H,85,101)(H,86,102)(H,87,103)(H,88,98)(H,89,99)(H,90,95)(H4,72,73,77)(H4,74,75,78)(H2,105,106,107)/t39-,40+,41-,45+,46?,47-,48-,49-,50-,51-,52-,54-,55-,111?/m0/s1. The fraction of sp³-hybridized carbons (Fsp3) is 0.662. The van der Waals surface area contributed by atoms with Crippen molar-refractivity contribution in [3.63, 3.8) is 0 Å². The number of imidazole rings is 1. The minimum Gasteiger partial charge on any atom is -0.508 e. The number of carbonyl (C=O) groups is 12. The molecule has 14 atom stereocenters. The van der Waals surface area contributed by atoms with Gasteiger partial charge in [-0.05, 0) is 140 Å². The molecule has 2 aromatic rings. The van der Waals surface area contributed by atoms with E-state index in [1.54, 1.807) is 32.6 Å². The normalized spacial score (nSPS) is 16.3. The van der Waals surface area contributed by atoms with Gasteiger partial charge in [-0.2, -0.15) is 0 Å². The number of phosphoric acid groups is 1. The Morgan fingerprint density at radius 1 is 0.622 bits per heavy atom. The molecular formula is C68H118N23O18PS. The number of aromatic nitrogens is 2. The van der Waals surface area contributed by atoms with E-state index in [1.165, 1.54) is 50.0 Å². The van der Waals surface area contributed by atoms with Crippen molar-refractivity contribution in [2.75, 3.05) is 57.9 Å². The summed E-state index contributed by atoms with van der Waals surface area (Å²) < 4.78 is 29.2. The molecule has 0 saturated carbocycles. The highest BCUT2D eigenvalue weighted by Gasteiger charge is 2.39. The first kappa shape index (κ1) is 95.8. The Hall–Kier alpha value is -9.45. The molecule has 1 fully saturated rings. The van der Waals surface area contributed by atoms with Crippen LogP contribution >= 0.6 is 7.82 Å². The summed E-state index contributed by atoms with van der Waals surface area (Å²) in [5, 5.41) is 38.4. The molecule has 12 amide bonds. The number of guanidine groups is 2. The number of benzene rings is 1. The maximum absolute atomic E-state index is 14.7. The molecule has 624 valence electrons. The van der Waals surface area contributed by atoms with Crippen LogP contribution in [0.3, 0.4) is 0 Å². The number of nitrogens with two attached hydrogens (primary N) is 7. The molecular weight excluding hydrogens is 1490 g/mol. The second kappa shape index (κ2) is 49.7. The first-order valence-electron chi connectivity index (χ1n) is 37.0. The molecule has 1 aromatic carbocycles. The SMILES string of the molecule is CC[C@H](C)[C@H](NC(=O)[C@H](N)CCCN=C(N)N)C(=O)N[C@@H](Cc1cnc[nH]1)C(=O)N[C@@H](CCS(C)=O)C(=O)N[C@H](C(=O)N[C@@H](Cc1ccc(O)cc1)C(=O)N[C@@H](C)C(=O)NC(CCCCN)C(=O)N[C@@H](CCCN=C(N)N)C(=O)N[C@@H](COP(=O)(O)O)C(=O)NCC(=O)N[C@@H](CCCCN)C(=O)N1CCC[C@H]1C)C(C)C. The fourth-order valence-electron chi connectivity index (χ4n) is 11.5.